The molecule has 1 fully saturated rings. The molecule has 0 aliphatic carbocycles. The molecule has 0 unspecified atom stereocenters. The van der Waals surface area contributed by atoms with Crippen LogP contribution < -0.4 is 5.73 Å². The number of aliphatic hydroxyl groups excluding tert-OH is 1. The van der Waals surface area contributed by atoms with Gasteiger partial charge in [-0.25, -0.2) is 13.4 Å². The summed E-state index contributed by atoms with van der Waals surface area (Å²) in [4.78, 5) is 3.73. The van der Waals surface area contributed by atoms with Crippen LogP contribution in [0.1, 0.15) is 11.5 Å². The second-order valence-corrected chi connectivity index (χ2v) is 8.59. The molecule has 0 saturated carbocycles. The molecule has 9 heteroatoms. The van der Waals surface area contributed by atoms with Gasteiger partial charge in [-0.05, 0) is 28.5 Å². The first kappa shape index (κ1) is 16.7. The number of pyridine rings is 1. The zero-order valence-electron chi connectivity index (χ0n) is 12.1. The third-order valence-corrected chi connectivity index (χ3v) is 6.85. The maximum absolute atomic E-state index is 12.9. The summed E-state index contributed by atoms with van der Waals surface area (Å²) in [6, 6.07) is 3.27. The average Bonchev–Trinajstić information content (AvgIpc) is 3.17. The van der Waals surface area contributed by atoms with E-state index in [2.05, 4.69) is 4.98 Å². The van der Waals surface area contributed by atoms with Crippen LogP contribution in [0, 0.1) is 5.92 Å². The van der Waals surface area contributed by atoms with E-state index in [1.165, 1.54) is 16.6 Å². The van der Waals surface area contributed by atoms with E-state index in [1.54, 1.807) is 11.3 Å². The summed E-state index contributed by atoms with van der Waals surface area (Å²) < 4.78 is 27.1. The van der Waals surface area contributed by atoms with Crippen molar-refractivity contribution < 1.29 is 13.5 Å². The van der Waals surface area contributed by atoms with Crippen molar-refractivity contribution in [1.82, 2.24) is 9.29 Å². The molecule has 0 radical (unpaired) electrons. The van der Waals surface area contributed by atoms with Gasteiger partial charge >= 0.3 is 0 Å². The Balaban J connectivity index is 1.94. The summed E-state index contributed by atoms with van der Waals surface area (Å²) in [5.41, 5.74) is 6.76. The van der Waals surface area contributed by atoms with E-state index in [9.17, 15) is 13.5 Å². The van der Waals surface area contributed by atoms with Crippen LogP contribution in [0.15, 0.2) is 34.0 Å². The Morgan fingerprint density at radius 2 is 2.26 bits per heavy atom. The van der Waals surface area contributed by atoms with Crippen LogP contribution in [-0.4, -0.2) is 42.5 Å². The van der Waals surface area contributed by atoms with E-state index in [0.717, 1.165) is 5.56 Å². The van der Waals surface area contributed by atoms with E-state index >= 15 is 0 Å². The molecule has 1 aliphatic rings. The van der Waals surface area contributed by atoms with Crippen molar-refractivity contribution in [3.8, 4) is 0 Å². The fourth-order valence-electron chi connectivity index (χ4n) is 2.85. The highest BCUT2D eigenvalue weighted by Gasteiger charge is 2.40. The molecule has 0 amide bonds. The van der Waals surface area contributed by atoms with Gasteiger partial charge in [-0.1, -0.05) is 11.6 Å². The van der Waals surface area contributed by atoms with Crippen LogP contribution in [0.5, 0.6) is 0 Å². The smallest absolute Gasteiger partial charge is 0.246 e. The van der Waals surface area contributed by atoms with Gasteiger partial charge in [0.15, 0.2) is 0 Å². The normalized spacial score (nSPS) is 22.5. The van der Waals surface area contributed by atoms with Crippen LogP contribution in [0.3, 0.4) is 0 Å². The minimum Gasteiger partial charge on any atom is -0.396 e. The largest absolute Gasteiger partial charge is 0.396 e. The van der Waals surface area contributed by atoms with Gasteiger partial charge in [-0.2, -0.15) is 15.6 Å². The summed E-state index contributed by atoms with van der Waals surface area (Å²) in [6.07, 6.45) is 1.31. The zero-order valence-corrected chi connectivity index (χ0v) is 14.5. The third-order valence-electron chi connectivity index (χ3n) is 4.08. The van der Waals surface area contributed by atoms with Crippen LogP contribution in [-0.2, 0) is 10.0 Å². The van der Waals surface area contributed by atoms with E-state index in [4.69, 9.17) is 17.3 Å². The maximum Gasteiger partial charge on any atom is 0.246 e. The molecule has 3 rings (SSSR count). The number of rotatable bonds is 4. The zero-order chi connectivity index (χ0) is 16.6. The molecule has 2 atom stereocenters. The SMILES string of the molecule is Nc1ncc(Cl)cc1S(=O)(=O)N1C[C@@H](CO)[C@H](c2ccsc2)C1. The van der Waals surface area contributed by atoms with Gasteiger partial charge in [0, 0.05) is 37.7 Å². The van der Waals surface area contributed by atoms with E-state index in [-0.39, 0.29) is 40.7 Å². The number of hydrogen-bond donors (Lipinski definition) is 2. The third kappa shape index (κ3) is 3.09. The summed E-state index contributed by atoms with van der Waals surface area (Å²) in [6.45, 7) is 0.470. The first-order valence-corrected chi connectivity index (χ1v) is 9.73. The Labute approximate surface area is 143 Å². The maximum atomic E-state index is 12.9. The molecular weight excluding hydrogens is 358 g/mol. The summed E-state index contributed by atoms with van der Waals surface area (Å²) in [5, 5.41) is 13.8. The van der Waals surface area contributed by atoms with E-state index < -0.39 is 10.0 Å². The van der Waals surface area contributed by atoms with Gasteiger partial charge in [0.1, 0.15) is 10.7 Å². The van der Waals surface area contributed by atoms with Crippen molar-refractivity contribution in [1.29, 1.82) is 0 Å². The summed E-state index contributed by atoms with van der Waals surface area (Å²) >= 11 is 7.41. The molecular formula is C14H16ClN3O3S2. The van der Waals surface area contributed by atoms with Gasteiger partial charge in [0.25, 0.3) is 0 Å². The number of nitrogen functional groups attached to an aromatic ring is 1. The number of aromatic nitrogens is 1. The Bertz CT molecular complexity index is 796. The highest BCUT2D eigenvalue weighted by molar-refractivity contribution is 7.89. The lowest BCUT2D eigenvalue weighted by molar-refractivity contribution is 0.223. The fraction of sp³-hybridized carbons (Fsp3) is 0.357. The van der Waals surface area contributed by atoms with Crippen molar-refractivity contribution in [2.75, 3.05) is 25.4 Å². The molecule has 2 aromatic rings. The van der Waals surface area contributed by atoms with Gasteiger partial charge in [0.05, 0.1) is 5.02 Å². The van der Waals surface area contributed by atoms with Crippen molar-refractivity contribution in [3.05, 3.63) is 39.7 Å². The van der Waals surface area contributed by atoms with Gasteiger partial charge in [-0.3, -0.25) is 0 Å². The van der Waals surface area contributed by atoms with Crippen molar-refractivity contribution in [2.24, 2.45) is 5.92 Å². The van der Waals surface area contributed by atoms with Crippen molar-refractivity contribution in [2.45, 2.75) is 10.8 Å². The monoisotopic (exact) mass is 373 g/mol. The van der Waals surface area contributed by atoms with E-state index in [0.29, 0.717) is 6.54 Å². The average molecular weight is 374 g/mol. The second-order valence-electron chi connectivity index (χ2n) is 5.46. The standard InChI is InChI=1S/C14H16ClN3O3S2/c15-11-3-13(14(16)17-4-11)23(20,21)18-5-10(7-19)12(6-18)9-1-2-22-8-9/h1-4,8,10,12,19H,5-7H2,(H2,16,17)/t10-,12-/m0/s1. The van der Waals surface area contributed by atoms with Crippen LogP contribution in [0.4, 0.5) is 5.82 Å². The van der Waals surface area contributed by atoms with Crippen LogP contribution >= 0.6 is 22.9 Å². The summed E-state index contributed by atoms with van der Waals surface area (Å²) in [7, 11) is -3.81. The molecule has 0 aromatic carbocycles. The molecule has 23 heavy (non-hydrogen) atoms. The number of halogens is 1. The fourth-order valence-corrected chi connectivity index (χ4v) is 5.42. The van der Waals surface area contributed by atoms with E-state index in [1.807, 2.05) is 16.8 Å². The topological polar surface area (TPSA) is 96.5 Å². The lowest BCUT2D eigenvalue weighted by atomic mass is 9.92. The number of sulfonamides is 1. The molecule has 3 heterocycles. The van der Waals surface area contributed by atoms with Crippen LogP contribution in [0.25, 0.3) is 0 Å². The van der Waals surface area contributed by atoms with Crippen LogP contribution in [0.2, 0.25) is 5.02 Å². The molecule has 1 saturated heterocycles. The molecule has 3 N–H and O–H groups in total. The molecule has 0 spiro atoms. The Kier molecular flexibility index (Phi) is 4.61. The number of nitrogens with two attached hydrogens (primary N) is 1. The Morgan fingerprint density at radius 3 is 2.91 bits per heavy atom. The van der Waals surface area contributed by atoms with Gasteiger partial charge in [-0.15, -0.1) is 0 Å². The number of hydrogen-bond acceptors (Lipinski definition) is 6. The molecule has 0 bridgehead atoms. The summed E-state index contributed by atoms with van der Waals surface area (Å²) in [5.74, 6) is -0.254. The Hall–Kier alpha value is -1.19. The molecule has 124 valence electrons. The minimum absolute atomic E-state index is 0.0330. The lowest BCUT2D eigenvalue weighted by Crippen LogP contribution is -2.30. The lowest BCUT2D eigenvalue weighted by Gasteiger charge is -2.17. The minimum atomic E-state index is -3.81. The first-order valence-electron chi connectivity index (χ1n) is 6.97. The second kappa shape index (κ2) is 6.37. The molecule has 6 nitrogen and oxygen atoms in total. The Morgan fingerprint density at radius 1 is 1.48 bits per heavy atom. The highest BCUT2D eigenvalue weighted by Crippen LogP contribution is 2.37. The van der Waals surface area contributed by atoms with Crippen molar-refractivity contribution >= 4 is 38.8 Å². The number of nitrogens with zero attached hydrogens (tertiary/aromatic N) is 2. The number of thiophene rings is 1. The van der Waals surface area contributed by atoms with Gasteiger partial charge < -0.3 is 10.8 Å². The first-order chi connectivity index (χ1) is 10.9. The van der Waals surface area contributed by atoms with Crippen molar-refractivity contribution in [3.63, 3.8) is 0 Å². The number of anilines is 1. The predicted octanol–water partition coefficient (Wildman–Crippen LogP) is 1.78. The quantitative estimate of drug-likeness (QED) is 0.851. The van der Waals surface area contributed by atoms with Gasteiger partial charge in [0.2, 0.25) is 10.0 Å². The molecule has 1 aliphatic heterocycles. The number of aliphatic hydroxyl groups is 1. The highest BCUT2D eigenvalue weighted by atomic mass is 35.5. The molecule has 2 aromatic heterocycles. The predicted molar refractivity (Wildman–Crippen MR) is 90.1 cm³/mol.